The van der Waals surface area contributed by atoms with E-state index in [2.05, 4.69) is 92.9 Å². The lowest BCUT2D eigenvalue weighted by Gasteiger charge is -2.38. The van der Waals surface area contributed by atoms with Crippen molar-refractivity contribution in [3.8, 4) is 0 Å². The molecule has 0 aliphatic rings. The molecular formula is C20H28OSi2. The summed E-state index contributed by atoms with van der Waals surface area (Å²) in [6, 6.07) is 21.7. The molecule has 1 atom stereocenters. The maximum Gasteiger partial charge on any atom is 0.137 e. The van der Waals surface area contributed by atoms with Gasteiger partial charge in [0.2, 0.25) is 0 Å². The molecular weight excluding hydrogens is 312 g/mol. The van der Waals surface area contributed by atoms with Gasteiger partial charge in [-0.25, -0.2) is 0 Å². The van der Waals surface area contributed by atoms with Crippen LogP contribution in [0.4, 0.5) is 0 Å². The Morgan fingerprint density at radius 3 is 1.52 bits per heavy atom. The highest BCUT2D eigenvalue weighted by Crippen LogP contribution is 2.26. The predicted molar refractivity (Wildman–Crippen MR) is 107 cm³/mol. The first kappa shape index (κ1) is 17.9. The van der Waals surface area contributed by atoms with E-state index in [9.17, 15) is 5.11 Å². The van der Waals surface area contributed by atoms with Crippen molar-refractivity contribution in [1.82, 2.24) is 0 Å². The molecule has 0 spiro atoms. The third-order valence-electron chi connectivity index (χ3n) is 4.46. The highest BCUT2D eigenvalue weighted by Gasteiger charge is 2.41. The molecule has 0 aliphatic heterocycles. The molecule has 1 N–H and O–H groups in total. The molecule has 0 saturated carbocycles. The van der Waals surface area contributed by atoms with Crippen LogP contribution in [0.15, 0.2) is 71.6 Å². The minimum atomic E-state index is -2.07. The Kier molecular flexibility index (Phi) is 5.45. The molecule has 0 heterocycles. The summed E-state index contributed by atoms with van der Waals surface area (Å²) in [5.74, 6) is 0. The van der Waals surface area contributed by atoms with Gasteiger partial charge in [-0.1, -0.05) is 108 Å². The standard InChI is InChI=1S/C20H28OSi2/c1-17(21)16-20(22(2,3)4)23(5,18-12-8-6-9-13-18)19-14-10-7-11-15-19/h6-17,21H,1-5H3/b20-16+. The van der Waals surface area contributed by atoms with E-state index in [0.29, 0.717) is 0 Å². The molecule has 2 aromatic rings. The van der Waals surface area contributed by atoms with Crippen LogP contribution in [-0.4, -0.2) is 27.4 Å². The molecule has 1 unspecified atom stereocenters. The van der Waals surface area contributed by atoms with Crippen LogP contribution in [0.25, 0.3) is 0 Å². The smallest absolute Gasteiger partial charge is 0.137 e. The number of aliphatic hydroxyl groups is 1. The fourth-order valence-electron chi connectivity index (χ4n) is 3.43. The van der Waals surface area contributed by atoms with E-state index >= 15 is 0 Å². The van der Waals surface area contributed by atoms with E-state index in [0.717, 1.165) is 0 Å². The van der Waals surface area contributed by atoms with Gasteiger partial charge in [0, 0.05) is 0 Å². The minimum absolute atomic E-state index is 0.407. The van der Waals surface area contributed by atoms with Gasteiger partial charge in [0.15, 0.2) is 0 Å². The van der Waals surface area contributed by atoms with Crippen molar-refractivity contribution in [2.24, 2.45) is 0 Å². The van der Waals surface area contributed by atoms with Crippen molar-refractivity contribution in [2.75, 3.05) is 0 Å². The van der Waals surface area contributed by atoms with E-state index in [1.54, 1.807) is 0 Å². The van der Waals surface area contributed by atoms with Gasteiger partial charge in [-0.3, -0.25) is 0 Å². The molecule has 0 fully saturated rings. The Morgan fingerprint density at radius 2 is 1.22 bits per heavy atom. The summed E-state index contributed by atoms with van der Waals surface area (Å²) in [6.45, 7) is 11.5. The van der Waals surface area contributed by atoms with Gasteiger partial charge in [-0.15, -0.1) is 0 Å². The molecule has 3 heteroatoms. The summed E-state index contributed by atoms with van der Waals surface area (Å²) >= 11 is 0. The molecule has 0 bridgehead atoms. The average Bonchev–Trinajstić information content (AvgIpc) is 2.52. The van der Waals surface area contributed by atoms with Gasteiger partial charge in [0.1, 0.15) is 8.07 Å². The van der Waals surface area contributed by atoms with Crippen LogP contribution >= 0.6 is 0 Å². The molecule has 122 valence electrons. The summed E-state index contributed by atoms with van der Waals surface area (Å²) in [6.07, 6.45) is 1.73. The maximum absolute atomic E-state index is 10.1. The van der Waals surface area contributed by atoms with E-state index in [1.165, 1.54) is 15.2 Å². The summed E-state index contributed by atoms with van der Waals surface area (Å²) in [5.41, 5.74) is 0. The first-order chi connectivity index (χ1) is 10.8. The Morgan fingerprint density at radius 1 is 0.826 bits per heavy atom. The second-order valence-electron chi connectivity index (χ2n) is 7.43. The Labute approximate surface area is 142 Å². The molecule has 2 rings (SSSR count). The first-order valence-corrected chi connectivity index (χ1v) is 14.3. The van der Waals surface area contributed by atoms with Crippen molar-refractivity contribution < 1.29 is 5.11 Å². The van der Waals surface area contributed by atoms with E-state index in [1.807, 2.05) is 6.92 Å². The number of hydrogen-bond acceptors (Lipinski definition) is 1. The molecule has 0 saturated heterocycles. The number of hydrogen-bond donors (Lipinski definition) is 1. The number of rotatable bonds is 5. The van der Waals surface area contributed by atoms with E-state index in [4.69, 9.17) is 0 Å². The van der Waals surface area contributed by atoms with Gasteiger partial charge in [0.25, 0.3) is 0 Å². The minimum Gasteiger partial charge on any atom is -0.389 e. The lowest BCUT2D eigenvalue weighted by molar-refractivity contribution is 0.244. The second kappa shape index (κ2) is 6.99. The topological polar surface area (TPSA) is 20.2 Å². The van der Waals surface area contributed by atoms with Crippen LogP contribution in [0.5, 0.6) is 0 Å². The fraction of sp³-hybridized carbons (Fsp3) is 0.300. The number of aliphatic hydroxyl groups excluding tert-OH is 1. The highest BCUT2D eigenvalue weighted by molar-refractivity contribution is 7.17. The summed E-state index contributed by atoms with van der Waals surface area (Å²) in [7, 11) is -3.65. The summed E-state index contributed by atoms with van der Waals surface area (Å²) in [5, 5.41) is 12.9. The normalized spacial score (nSPS) is 14.6. The van der Waals surface area contributed by atoms with Crippen LogP contribution in [0.3, 0.4) is 0 Å². The van der Waals surface area contributed by atoms with Gasteiger partial charge >= 0.3 is 0 Å². The Balaban J connectivity index is 2.77. The lowest BCUT2D eigenvalue weighted by Crippen LogP contribution is -2.62. The number of benzene rings is 2. The maximum atomic E-state index is 10.1. The first-order valence-electron chi connectivity index (χ1n) is 8.28. The highest BCUT2D eigenvalue weighted by atomic mass is 28.4. The molecule has 23 heavy (non-hydrogen) atoms. The van der Waals surface area contributed by atoms with Crippen LogP contribution in [0.2, 0.25) is 26.2 Å². The average molecular weight is 341 g/mol. The molecule has 0 radical (unpaired) electrons. The van der Waals surface area contributed by atoms with Gasteiger partial charge in [0.05, 0.1) is 14.2 Å². The summed E-state index contributed by atoms with van der Waals surface area (Å²) < 4.78 is 0. The molecule has 0 amide bonds. The van der Waals surface area contributed by atoms with E-state index < -0.39 is 22.3 Å². The van der Waals surface area contributed by atoms with Crippen molar-refractivity contribution in [2.45, 2.75) is 39.2 Å². The third kappa shape index (κ3) is 3.92. The van der Waals surface area contributed by atoms with Gasteiger partial charge < -0.3 is 5.11 Å². The summed E-state index contributed by atoms with van der Waals surface area (Å²) in [4.78, 5) is 1.51. The molecule has 1 nitrogen and oxygen atoms in total. The zero-order valence-electron chi connectivity index (χ0n) is 14.9. The largest absolute Gasteiger partial charge is 0.389 e. The third-order valence-corrected chi connectivity index (χ3v) is 14.2. The van der Waals surface area contributed by atoms with Crippen LogP contribution < -0.4 is 10.4 Å². The fourth-order valence-corrected chi connectivity index (χ4v) is 14.3. The SMILES string of the molecule is CC(O)/C=C(\[Si](C)(C)C)[Si](C)(c1ccccc1)c1ccccc1. The molecule has 2 aromatic carbocycles. The van der Waals surface area contributed by atoms with Crippen LogP contribution in [0, 0.1) is 0 Å². The van der Waals surface area contributed by atoms with Crippen molar-refractivity contribution in [1.29, 1.82) is 0 Å². The van der Waals surface area contributed by atoms with Crippen molar-refractivity contribution in [3.05, 3.63) is 71.6 Å². The Hall–Kier alpha value is -1.43. The van der Waals surface area contributed by atoms with Gasteiger partial charge in [-0.2, -0.15) is 0 Å². The van der Waals surface area contributed by atoms with Crippen LogP contribution in [0.1, 0.15) is 6.92 Å². The lowest BCUT2D eigenvalue weighted by atomic mass is 10.4. The van der Waals surface area contributed by atoms with E-state index in [-0.39, 0.29) is 0 Å². The zero-order valence-corrected chi connectivity index (χ0v) is 16.9. The van der Waals surface area contributed by atoms with Crippen LogP contribution in [-0.2, 0) is 0 Å². The van der Waals surface area contributed by atoms with Crippen molar-refractivity contribution in [3.63, 3.8) is 0 Å². The molecule has 0 aliphatic carbocycles. The second-order valence-corrected chi connectivity index (χ2v) is 16.9. The zero-order chi connectivity index (χ0) is 17.1. The van der Waals surface area contributed by atoms with Gasteiger partial charge in [-0.05, 0) is 6.92 Å². The molecule has 0 aromatic heterocycles. The predicted octanol–water partition coefficient (Wildman–Crippen LogP) is 3.60. The quantitative estimate of drug-likeness (QED) is 0.825. The Bertz CT molecular complexity index is 616. The van der Waals surface area contributed by atoms with Crippen molar-refractivity contribution >= 4 is 26.5 Å². The monoisotopic (exact) mass is 340 g/mol.